The van der Waals surface area contributed by atoms with Crippen LogP contribution in [0.4, 0.5) is 5.69 Å². The summed E-state index contributed by atoms with van der Waals surface area (Å²) in [7, 11) is -2.73. The van der Waals surface area contributed by atoms with Crippen LogP contribution in [0.5, 0.6) is 0 Å². The third-order valence-electron chi connectivity index (χ3n) is 5.08. The van der Waals surface area contributed by atoms with Crippen molar-refractivity contribution in [3.63, 3.8) is 0 Å². The number of Topliss-reactive ketones (excluding diaryl/α,β-unsaturated/α-hetero) is 1. The fourth-order valence-corrected chi connectivity index (χ4v) is 4.49. The number of nitrogens with zero attached hydrogens (tertiary/aromatic N) is 1. The number of nitrogens with one attached hydrogen (secondary N) is 2. The van der Waals surface area contributed by atoms with Gasteiger partial charge in [0.05, 0.1) is 4.90 Å². The normalized spacial score (nSPS) is 11.5. The van der Waals surface area contributed by atoms with Crippen LogP contribution in [0.1, 0.15) is 29.8 Å². The monoisotopic (exact) mass is 471 g/mol. The number of benzene rings is 2. The van der Waals surface area contributed by atoms with Crippen LogP contribution in [-0.4, -0.2) is 55.6 Å². The number of sulfonamides is 1. The van der Waals surface area contributed by atoms with Gasteiger partial charge in [-0.1, -0.05) is 25.1 Å². The highest BCUT2D eigenvalue weighted by molar-refractivity contribution is 7.89. The molecule has 1 heterocycles. The molecule has 0 saturated carbocycles. The highest BCUT2D eigenvalue weighted by Crippen LogP contribution is 2.23. The molecular formula is C23H25N3O6S. The topological polar surface area (TPSA) is 126 Å². The zero-order valence-corrected chi connectivity index (χ0v) is 19.4. The summed E-state index contributed by atoms with van der Waals surface area (Å²) in [6.07, 6.45) is 2.39. The standard InChI is InChI=1S/C23H25N3O6S/c1-4-16-6-5-7-19-20(12-24-23(16)19)21(28)14-32-22(29)13-26(3)33(30,31)18-10-8-17(9-11-18)25-15(2)27/h5-12,24H,4,13-14H2,1-3H3,(H,25,27). The smallest absolute Gasteiger partial charge is 0.321 e. The molecule has 9 nitrogen and oxygen atoms in total. The van der Waals surface area contributed by atoms with Gasteiger partial charge in [-0.3, -0.25) is 14.4 Å². The lowest BCUT2D eigenvalue weighted by Gasteiger charge is -2.16. The first kappa shape index (κ1) is 24.1. The number of carbonyl (C=O) groups is 3. The van der Waals surface area contributed by atoms with E-state index in [0.29, 0.717) is 11.3 Å². The molecule has 0 atom stereocenters. The van der Waals surface area contributed by atoms with E-state index in [1.165, 1.54) is 38.2 Å². The highest BCUT2D eigenvalue weighted by atomic mass is 32.2. The van der Waals surface area contributed by atoms with E-state index in [2.05, 4.69) is 10.3 Å². The summed E-state index contributed by atoms with van der Waals surface area (Å²) in [6.45, 7) is 2.30. The van der Waals surface area contributed by atoms with Crippen LogP contribution in [0.3, 0.4) is 0 Å². The number of ether oxygens (including phenoxy) is 1. The second kappa shape index (κ2) is 9.97. The number of aromatic amines is 1. The Bertz CT molecular complexity index is 1300. The third kappa shape index (κ3) is 5.47. The molecule has 0 aliphatic heterocycles. The number of aromatic nitrogens is 1. The average molecular weight is 472 g/mol. The molecule has 2 N–H and O–H groups in total. The first-order valence-corrected chi connectivity index (χ1v) is 11.7. The number of aryl methyl sites for hydroxylation is 1. The van der Waals surface area contributed by atoms with Gasteiger partial charge >= 0.3 is 5.97 Å². The van der Waals surface area contributed by atoms with Crippen LogP contribution in [0.2, 0.25) is 0 Å². The number of rotatable bonds is 9. The summed E-state index contributed by atoms with van der Waals surface area (Å²) >= 11 is 0. The number of hydrogen-bond donors (Lipinski definition) is 2. The average Bonchev–Trinajstić information content (AvgIpc) is 3.21. The van der Waals surface area contributed by atoms with Crippen LogP contribution in [0.15, 0.2) is 53.6 Å². The van der Waals surface area contributed by atoms with Gasteiger partial charge in [-0.15, -0.1) is 0 Å². The molecule has 0 fully saturated rings. The number of carbonyl (C=O) groups excluding carboxylic acids is 3. The Morgan fingerprint density at radius 1 is 1.09 bits per heavy atom. The van der Waals surface area contributed by atoms with E-state index in [4.69, 9.17) is 4.74 Å². The Morgan fingerprint density at radius 3 is 2.42 bits per heavy atom. The van der Waals surface area contributed by atoms with Crippen LogP contribution >= 0.6 is 0 Å². The van der Waals surface area contributed by atoms with Gasteiger partial charge in [-0.25, -0.2) is 8.42 Å². The SMILES string of the molecule is CCc1cccc2c(C(=O)COC(=O)CN(C)S(=O)(=O)c3ccc(NC(C)=O)cc3)c[nH]c12. The van der Waals surface area contributed by atoms with E-state index < -0.39 is 29.1 Å². The molecule has 1 amide bonds. The molecule has 174 valence electrons. The van der Waals surface area contributed by atoms with Gasteiger partial charge in [0.1, 0.15) is 6.54 Å². The van der Waals surface area contributed by atoms with Gasteiger partial charge in [-0.2, -0.15) is 4.31 Å². The lowest BCUT2D eigenvalue weighted by Crippen LogP contribution is -2.33. The summed E-state index contributed by atoms with van der Waals surface area (Å²) in [5.74, 6) is -1.52. The number of ketones is 1. The maximum atomic E-state index is 12.7. The number of amides is 1. The molecule has 0 spiro atoms. The van der Waals surface area contributed by atoms with E-state index in [1.54, 1.807) is 6.20 Å². The predicted octanol–water partition coefficient (Wildman–Crippen LogP) is 2.74. The van der Waals surface area contributed by atoms with Crippen molar-refractivity contribution in [1.82, 2.24) is 9.29 Å². The van der Waals surface area contributed by atoms with Crippen LogP contribution in [-0.2, 0) is 30.8 Å². The molecule has 2 aromatic carbocycles. The summed E-state index contributed by atoms with van der Waals surface area (Å²) in [6, 6.07) is 11.2. The van der Waals surface area contributed by atoms with Crippen molar-refractivity contribution in [2.75, 3.05) is 25.5 Å². The molecule has 10 heteroatoms. The zero-order chi connectivity index (χ0) is 24.2. The lowest BCUT2D eigenvalue weighted by atomic mass is 10.1. The first-order chi connectivity index (χ1) is 15.6. The van der Waals surface area contributed by atoms with Crippen molar-refractivity contribution < 1.29 is 27.5 Å². The molecule has 3 aromatic rings. The van der Waals surface area contributed by atoms with Gasteiger partial charge in [0, 0.05) is 42.3 Å². The second-order valence-corrected chi connectivity index (χ2v) is 9.49. The van der Waals surface area contributed by atoms with E-state index in [1.807, 2.05) is 25.1 Å². The molecule has 33 heavy (non-hydrogen) atoms. The second-order valence-electron chi connectivity index (χ2n) is 7.45. The Labute approximate surface area is 191 Å². The Kier molecular flexibility index (Phi) is 7.29. The number of H-pyrrole nitrogens is 1. The number of likely N-dealkylation sites (N-methyl/N-ethyl adjacent to an activating group) is 1. The van der Waals surface area contributed by atoms with E-state index >= 15 is 0 Å². The number of para-hydroxylation sites is 1. The minimum absolute atomic E-state index is 0.0477. The number of esters is 1. The van der Waals surface area contributed by atoms with Crippen LogP contribution < -0.4 is 5.32 Å². The van der Waals surface area contributed by atoms with E-state index in [9.17, 15) is 22.8 Å². The molecule has 0 aliphatic carbocycles. The van der Waals surface area contributed by atoms with Gasteiger partial charge in [-0.05, 0) is 36.2 Å². The third-order valence-corrected chi connectivity index (χ3v) is 6.90. The van der Waals surface area contributed by atoms with E-state index in [-0.39, 0.29) is 16.6 Å². The van der Waals surface area contributed by atoms with Crippen LogP contribution in [0.25, 0.3) is 10.9 Å². The summed E-state index contributed by atoms with van der Waals surface area (Å²) in [5.41, 5.74) is 2.80. The van der Waals surface area contributed by atoms with Crippen molar-refractivity contribution in [3.8, 4) is 0 Å². The quantitative estimate of drug-likeness (QED) is 0.365. The maximum absolute atomic E-state index is 12.7. The summed E-state index contributed by atoms with van der Waals surface area (Å²) in [4.78, 5) is 38.9. The largest absolute Gasteiger partial charge is 0.456 e. The van der Waals surface area contributed by atoms with Crippen molar-refractivity contribution in [3.05, 3.63) is 59.8 Å². The molecule has 3 rings (SSSR count). The van der Waals surface area contributed by atoms with Crippen molar-refractivity contribution >= 4 is 44.3 Å². The summed E-state index contributed by atoms with van der Waals surface area (Å²) in [5, 5.41) is 3.29. The van der Waals surface area contributed by atoms with Gasteiger partial charge in [0.15, 0.2) is 6.61 Å². The Morgan fingerprint density at radius 2 is 1.79 bits per heavy atom. The van der Waals surface area contributed by atoms with Crippen molar-refractivity contribution in [1.29, 1.82) is 0 Å². The maximum Gasteiger partial charge on any atom is 0.321 e. The Hall–Kier alpha value is -3.50. The molecule has 0 aliphatic rings. The van der Waals surface area contributed by atoms with Gasteiger partial charge in [0.25, 0.3) is 0 Å². The molecule has 0 unspecified atom stereocenters. The van der Waals surface area contributed by atoms with Crippen molar-refractivity contribution in [2.45, 2.75) is 25.2 Å². The lowest BCUT2D eigenvalue weighted by molar-refractivity contribution is -0.142. The van der Waals surface area contributed by atoms with Gasteiger partial charge < -0.3 is 15.0 Å². The predicted molar refractivity (Wildman–Crippen MR) is 124 cm³/mol. The van der Waals surface area contributed by atoms with Crippen LogP contribution in [0, 0.1) is 0 Å². The zero-order valence-electron chi connectivity index (χ0n) is 18.5. The molecule has 0 bridgehead atoms. The minimum atomic E-state index is -3.97. The number of anilines is 1. The fourth-order valence-electron chi connectivity index (χ4n) is 3.37. The number of hydrogen-bond acceptors (Lipinski definition) is 6. The van der Waals surface area contributed by atoms with E-state index in [0.717, 1.165) is 27.2 Å². The van der Waals surface area contributed by atoms with Gasteiger partial charge in [0.2, 0.25) is 21.7 Å². The Balaban J connectivity index is 1.61. The first-order valence-electron chi connectivity index (χ1n) is 10.2. The summed E-state index contributed by atoms with van der Waals surface area (Å²) < 4.78 is 31.3. The molecule has 1 aromatic heterocycles. The minimum Gasteiger partial charge on any atom is -0.456 e. The fraction of sp³-hybridized carbons (Fsp3) is 0.261. The molecular weight excluding hydrogens is 446 g/mol. The van der Waals surface area contributed by atoms with Crippen molar-refractivity contribution in [2.24, 2.45) is 0 Å². The highest BCUT2D eigenvalue weighted by Gasteiger charge is 2.24. The number of fused-ring (bicyclic) bond motifs is 1. The molecule has 0 radical (unpaired) electrons. The molecule has 0 saturated heterocycles.